The van der Waals surface area contributed by atoms with Crippen molar-refractivity contribution in [3.05, 3.63) is 53.6 Å². The highest BCUT2D eigenvalue weighted by Gasteiger charge is 2.09. The van der Waals surface area contributed by atoms with Crippen molar-refractivity contribution in [1.29, 1.82) is 0 Å². The number of hydrogen-bond acceptors (Lipinski definition) is 6. The normalized spacial score (nSPS) is 10.6. The minimum absolute atomic E-state index is 0.387. The zero-order valence-corrected chi connectivity index (χ0v) is 13.0. The van der Waals surface area contributed by atoms with Crippen LogP contribution >= 0.6 is 11.3 Å². The first-order valence-corrected chi connectivity index (χ1v) is 7.80. The van der Waals surface area contributed by atoms with Crippen LogP contribution in [0, 0.1) is 0 Å². The summed E-state index contributed by atoms with van der Waals surface area (Å²) in [4.78, 5) is 13.6. The number of anilines is 1. The number of thiazole rings is 1. The highest BCUT2D eigenvalue weighted by molar-refractivity contribution is 7.15. The molecule has 0 unspecified atom stereocenters. The number of rotatable bonds is 5. The average molecular weight is 312 g/mol. The zero-order chi connectivity index (χ0) is 15.4. The van der Waals surface area contributed by atoms with Crippen LogP contribution in [0.25, 0.3) is 10.4 Å². The summed E-state index contributed by atoms with van der Waals surface area (Å²) in [7, 11) is 0. The Bertz CT molecular complexity index is 758. The third kappa shape index (κ3) is 3.23. The Labute approximate surface area is 132 Å². The SMILES string of the molecule is CCc1ncc(-c2cnc(N)c(OCc3ccncc3)c2)s1. The predicted octanol–water partition coefficient (Wildman–Crippen LogP) is 3.32. The zero-order valence-electron chi connectivity index (χ0n) is 12.2. The number of ether oxygens (including phenoxy) is 1. The smallest absolute Gasteiger partial charge is 0.166 e. The first kappa shape index (κ1) is 14.5. The van der Waals surface area contributed by atoms with Gasteiger partial charge >= 0.3 is 0 Å². The number of aryl methyl sites for hydroxylation is 1. The van der Waals surface area contributed by atoms with Crippen molar-refractivity contribution in [2.24, 2.45) is 0 Å². The second-order valence-electron chi connectivity index (χ2n) is 4.72. The van der Waals surface area contributed by atoms with Gasteiger partial charge in [0.25, 0.3) is 0 Å². The van der Waals surface area contributed by atoms with E-state index in [-0.39, 0.29) is 0 Å². The van der Waals surface area contributed by atoms with Crippen LogP contribution in [-0.4, -0.2) is 15.0 Å². The maximum Gasteiger partial charge on any atom is 0.166 e. The average Bonchev–Trinajstić information content (AvgIpc) is 3.04. The summed E-state index contributed by atoms with van der Waals surface area (Å²) >= 11 is 1.66. The van der Waals surface area contributed by atoms with Gasteiger partial charge in [0.1, 0.15) is 6.61 Å². The highest BCUT2D eigenvalue weighted by Crippen LogP contribution is 2.31. The summed E-state index contributed by atoms with van der Waals surface area (Å²) in [6.07, 6.45) is 8.02. The van der Waals surface area contributed by atoms with Crippen molar-refractivity contribution in [2.75, 3.05) is 5.73 Å². The third-order valence-electron chi connectivity index (χ3n) is 3.17. The molecule has 0 aliphatic carbocycles. The number of aromatic nitrogens is 3. The molecule has 22 heavy (non-hydrogen) atoms. The summed E-state index contributed by atoms with van der Waals surface area (Å²) in [6.45, 7) is 2.52. The van der Waals surface area contributed by atoms with E-state index >= 15 is 0 Å². The van der Waals surface area contributed by atoms with Crippen molar-refractivity contribution >= 4 is 17.2 Å². The summed E-state index contributed by atoms with van der Waals surface area (Å²) < 4.78 is 5.79. The fraction of sp³-hybridized carbons (Fsp3) is 0.188. The number of nitrogens with zero attached hydrogens (tertiary/aromatic N) is 3. The molecule has 3 aromatic heterocycles. The molecule has 6 heteroatoms. The molecule has 0 aliphatic rings. The lowest BCUT2D eigenvalue weighted by atomic mass is 10.2. The van der Waals surface area contributed by atoms with Gasteiger partial charge < -0.3 is 10.5 Å². The summed E-state index contributed by atoms with van der Waals surface area (Å²) in [5.74, 6) is 0.971. The fourth-order valence-electron chi connectivity index (χ4n) is 1.95. The van der Waals surface area contributed by atoms with E-state index in [0.717, 1.165) is 27.4 Å². The summed E-state index contributed by atoms with van der Waals surface area (Å²) in [5, 5.41) is 1.10. The predicted molar refractivity (Wildman–Crippen MR) is 87.7 cm³/mol. The standard InChI is InChI=1S/C16H16N4OS/c1-2-15-19-9-14(22-15)12-7-13(16(17)20-8-12)21-10-11-3-5-18-6-4-11/h3-9H,2,10H2,1H3,(H2,17,20). The van der Waals surface area contributed by atoms with E-state index in [1.54, 1.807) is 29.9 Å². The molecule has 0 radical (unpaired) electrons. The van der Waals surface area contributed by atoms with Gasteiger partial charge in [-0.3, -0.25) is 4.98 Å². The Hall–Kier alpha value is -2.47. The lowest BCUT2D eigenvalue weighted by Gasteiger charge is -2.09. The van der Waals surface area contributed by atoms with E-state index in [0.29, 0.717) is 18.2 Å². The van der Waals surface area contributed by atoms with Gasteiger partial charge in [0.2, 0.25) is 0 Å². The van der Waals surface area contributed by atoms with Crippen LogP contribution in [0.2, 0.25) is 0 Å². The molecule has 112 valence electrons. The first-order valence-electron chi connectivity index (χ1n) is 6.98. The molecule has 2 N–H and O–H groups in total. The number of nitrogen functional groups attached to an aromatic ring is 1. The van der Waals surface area contributed by atoms with Gasteiger partial charge in [0, 0.05) is 30.4 Å². The van der Waals surface area contributed by atoms with Crippen molar-refractivity contribution in [3.8, 4) is 16.2 Å². The summed E-state index contributed by atoms with van der Waals surface area (Å²) in [6, 6.07) is 5.73. The molecule has 0 bridgehead atoms. The van der Waals surface area contributed by atoms with Gasteiger partial charge in [-0.1, -0.05) is 6.92 Å². The molecule has 5 nitrogen and oxygen atoms in total. The Morgan fingerprint density at radius 3 is 2.73 bits per heavy atom. The van der Waals surface area contributed by atoms with Crippen LogP contribution in [-0.2, 0) is 13.0 Å². The van der Waals surface area contributed by atoms with Gasteiger partial charge in [-0.2, -0.15) is 0 Å². The second-order valence-corrected chi connectivity index (χ2v) is 5.84. The van der Waals surface area contributed by atoms with Crippen molar-refractivity contribution in [1.82, 2.24) is 15.0 Å². The number of nitrogens with two attached hydrogens (primary N) is 1. The van der Waals surface area contributed by atoms with Crippen LogP contribution < -0.4 is 10.5 Å². The molecule has 0 saturated heterocycles. The van der Waals surface area contributed by atoms with Crippen LogP contribution in [0.5, 0.6) is 5.75 Å². The number of hydrogen-bond donors (Lipinski definition) is 1. The largest absolute Gasteiger partial charge is 0.485 e. The van der Waals surface area contributed by atoms with E-state index in [4.69, 9.17) is 10.5 Å². The first-order chi connectivity index (χ1) is 10.8. The quantitative estimate of drug-likeness (QED) is 0.782. The summed E-state index contributed by atoms with van der Waals surface area (Å²) in [5.41, 5.74) is 7.90. The Morgan fingerprint density at radius 2 is 2.00 bits per heavy atom. The molecule has 0 atom stereocenters. The number of pyridine rings is 2. The Balaban J connectivity index is 1.80. The molecule has 0 fully saturated rings. The Kier molecular flexibility index (Phi) is 4.29. The van der Waals surface area contributed by atoms with Crippen LogP contribution in [0.3, 0.4) is 0 Å². The molecule has 3 rings (SSSR count). The molecule has 0 spiro atoms. The van der Waals surface area contributed by atoms with Crippen LogP contribution in [0.15, 0.2) is 43.0 Å². The van der Waals surface area contributed by atoms with E-state index in [1.807, 2.05) is 24.4 Å². The molecule has 0 aromatic carbocycles. The second kappa shape index (κ2) is 6.53. The maximum absolute atomic E-state index is 5.90. The molecule has 0 saturated carbocycles. The molecule has 0 amide bonds. The van der Waals surface area contributed by atoms with E-state index in [1.165, 1.54) is 0 Å². The lowest BCUT2D eigenvalue weighted by Crippen LogP contribution is -2.00. The lowest BCUT2D eigenvalue weighted by molar-refractivity contribution is 0.307. The molecule has 3 heterocycles. The minimum Gasteiger partial charge on any atom is -0.485 e. The third-order valence-corrected chi connectivity index (χ3v) is 4.36. The molecular weight excluding hydrogens is 296 g/mol. The fourth-order valence-corrected chi connectivity index (χ4v) is 2.79. The molecular formula is C16H16N4OS. The minimum atomic E-state index is 0.387. The highest BCUT2D eigenvalue weighted by atomic mass is 32.1. The Morgan fingerprint density at radius 1 is 1.18 bits per heavy atom. The van der Waals surface area contributed by atoms with Crippen molar-refractivity contribution < 1.29 is 4.74 Å². The van der Waals surface area contributed by atoms with Gasteiger partial charge in [0.05, 0.1) is 9.88 Å². The van der Waals surface area contributed by atoms with Gasteiger partial charge in [-0.05, 0) is 30.2 Å². The van der Waals surface area contributed by atoms with E-state index in [2.05, 4.69) is 21.9 Å². The van der Waals surface area contributed by atoms with Crippen LogP contribution in [0.4, 0.5) is 5.82 Å². The van der Waals surface area contributed by atoms with E-state index < -0.39 is 0 Å². The van der Waals surface area contributed by atoms with E-state index in [9.17, 15) is 0 Å². The maximum atomic E-state index is 5.90. The molecule has 3 aromatic rings. The monoisotopic (exact) mass is 312 g/mol. The van der Waals surface area contributed by atoms with Gasteiger partial charge in [0.15, 0.2) is 11.6 Å². The van der Waals surface area contributed by atoms with Crippen LogP contribution in [0.1, 0.15) is 17.5 Å². The van der Waals surface area contributed by atoms with Gasteiger partial charge in [-0.15, -0.1) is 11.3 Å². The molecule has 0 aliphatic heterocycles. The van der Waals surface area contributed by atoms with Crippen molar-refractivity contribution in [2.45, 2.75) is 20.0 Å². The van der Waals surface area contributed by atoms with Crippen molar-refractivity contribution in [3.63, 3.8) is 0 Å². The van der Waals surface area contributed by atoms with Gasteiger partial charge in [-0.25, -0.2) is 9.97 Å². The topological polar surface area (TPSA) is 73.9 Å².